The lowest BCUT2D eigenvalue weighted by atomic mass is 9.78. The normalized spacial score (nSPS) is 36.9. The summed E-state index contributed by atoms with van der Waals surface area (Å²) < 4.78 is 0. The Hall–Kier alpha value is -0.0800. The van der Waals surface area contributed by atoms with Crippen molar-refractivity contribution in [1.29, 1.82) is 0 Å². The molecule has 2 aliphatic rings. The van der Waals surface area contributed by atoms with Crippen LogP contribution in [0.25, 0.3) is 0 Å². The lowest BCUT2D eigenvalue weighted by Gasteiger charge is -2.46. The van der Waals surface area contributed by atoms with Crippen LogP contribution < -0.4 is 0 Å². The fraction of sp³-hybridized carbons (Fsp3) is 1.00. The van der Waals surface area contributed by atoms with Gasteiger partial charge >= 0.3 is 0 Å². The Morgan fingerprint density at radius 1 is 1.06 bits per heavy atom. The minimum absolute atomic E-state index is 0.119. The Balaban J connectivity index is 2.20. The summed E-state index contributed by atoms with van der Waals surface area (Å²) in [5.74, 6) is 0.719. The average molecular weight is 239 g/mol. The molecule has 0 amide bonds. The largest absolute Gasteiger partial charge is 0.294 e. The molecule has 1 saturated heterocycles. The molecule has 2 nitrogen and oxygen atoms in total. The van der Waals surface area contributed by atoms with Gasteiger partial charge in [-0.15, -0.1) is 0 Å². The van der Waals surface area contributed by atoms with E-state index in [1.165, 1.54) is 12.8 Å². The predicted octanol–water partition coefficient (Wildman–Crippen LogP) is 3.86. The second-order valence-corrected chi connectivity index (χ2v) is 8.35. The van der Waals surface area contributed by atoms with Crippen LogP contribution in [0.2, 0.25) is 0 Å². The van der Waals surface area contributed by atoms with Gasteiger partial charge in [0.2, 0.25) is 0 Å². The zero-order chi connectivity index (χ0) is 13.1. The van der Waals surface area contributed by atoms with Gasteiger partial charge in [-0.1, -0.05) is 27.7 Å². The summed E-state index contributed by atoms with van der Waals surface area (Å²) in [4.78, 5) is 6.36. The van der Waals surface area contributed by atoms with Crippen molar-refractivity contribution in [2.75, 3.05) is 6.54 Å². The predicted molar refractivity (Wildman–Crippen MR) is 71.6 cm³/mol. The molecule has 0 aromatic rings. The third-order valence-corrected chi connectivity index (χ3v) is 4.68. The summed E-state index contributed by atoms with van der Waals surface area (Å²) in [5.41, 5.74) is 0.851. The van der Waals surface area contributed by atoms with Gasteiger partial charge < -0.3 is 0 Å². The van der Waals surface area contributed by atoms with Gasteiger partial charge in [-0.3, -0.25) is 4.84 Å². The van der Waals surface area contributed by atoms with Crippen molar-refractivity contribution in [2.45, 2.75) is 73.0 Å². The molecule has 0 aromatic carbocycles. The third kappa shape index (κ3) is 2.26. The van der Waals surface area contributed by atoms with Crippen LogP contribution in [0.15, 0.2) is 0 Å². The minimum Gasteiger partial charge on any atom is -0.294 e. The van der Waals surface area contributed by atoms with Gasteiger partial charge in [0.05, 0.1) is 6.10 Å². The first-order chi connectivity index (χ1) is 7.54. The fourth-order valence-corrected chi connectivity index (χ4v) is 4.06. The molecule has 17 heavy (non-hydrogen) atoms. The monoisotopic (exact) mass is 239 g/mol. The van der Waals surface area contributed by atoms with Gasteiger partial charge in [-0.2, -0.15) is 5.06 Å². The summed E-state index contributed by atoms with van der Waals surface area (Å²) in [6, 6.07) is 0. The zero-order valence-electron chi connectivity index (χ0n) is 12.6. The molecule has 2 rings (SSSR count). The molecular formula is C15H29NO. The molecule has 0 aromatic heterocycles. The third-order valence-electron chi connectivity index (χ3n) is 4.68. The van der Waals surface area contributed by atoms with Crippen molar-refractivity contribution in [3.8, 4) is 0 Å². The number of hydrogen-bond acceptors (Lipinski definition) is 2. The SMILES string of the molecule is CC1(C)CC(C)(C)C2ON(C(C)(C)C)CCC21. The van der Waals surface area contributed by atoms with Crippen molar-refractivity contribution >= 4 is 0 Å². The first kappa shape index (κ1) is 13.4. The molecule has 1 heterocycles. The van der Waals surface area contributed by atoms with Crippen LogP contribution in [0, 0.1) is 16.7 Å². The van der Waals surface area contributed by atoms with Gasteiger partial charge in [0, 0.05) is 12.1 Å². The maximum atomic E-state index is 6.36. The summed E-state index contributed by atoms with van der Waals surface area (Å²) in [6.07, 6.45) is 2.94. The first-order valence-electron chi connectivity index (χ1n) is 6.98. The van der Waals surface area contributed by atoms with Gasteiger partial charge in [-0.25, -0.2) is 0 Å². The number of hydroxylamine groups is 2. The molecule has 2 unspecified atom stereocenters. The van der Waals surface area contributed by atoms with Crippen LogP contribution in [0.5, 0.6) is 0 Å². The van der Waals surface area contributed by atoms with Gasteiger partial charge in [-0.05, 0) is 50.4 Å². The van der Waals surface area contributed by atoms with Gasteiger partial charge in [0.25, 0.3) is 0 Å². The van der Waals surface area contributed by atoms with Crippen LogP contribution in [0.4, 0.5) is 0 Å². The molecule has 0 bridgehead atoms. The minimum atomic E-state index is 0.119. The van der Waals surface area contributed by atoms with Crippen molar-refractivity contribution in [2.24, 2.45) is 16.7 Å². The standard InChI is InChI=1S/C15H29NO/c1-13(2,3)16-9-8-11-12(17-16)15(6,7)10-14(11,4)5/h11-12H,8-10H2,1-7H3. The maximum Gasteiger partial charge on any atom is 0.0878 e. The van der Waals surface area contributed by atoms with E-state index in [1.54, 1.807) is 0 Å². The van der Waals surface area contributed by atoms with E-state index in [2.05, 4.69) is 53.5 Å². The molecule has 0 spiro atoms. The molecule has 2 heteroatoms. The molecule has 1 saturated carbocycles. The highest BCUT2D eigenvalue weighted by Gasteiger charge is 2.56. The topological polar surface area (TPSA) is 12.5 Å². The first-order valence-corrected chi connectivity index (χ1v) is 6.98. The van der Waals surface area contributed by atoms with Crippen molar-refractivity contribution in [1.82, 2.24) is 5.06 Å². The molecule has 2 fully saturated rings. The summed E-state index contributed by atoms with van der Waals surface area (Å²) >= 11 is 0. The molecule has 0 N–H and O–H groups in total. The smallest absolute Gasteiger partial charge is 0.0878 e. The molecular weight excluding hydrogens is 210 g/mol. The number of rotatable bonds is 0. The fourth-order valence-electron chi connectivity index (χ4n) is 4.06. The van der Waals surface area contributed by atoms with E-state index >= 15 is 0 Å². The number of fused-ring (bicyclic) bond motifs is 1. The maximum absolute atomic E-state index is 6.36. The molecule has 100 valence electrons. The highest BCUT2D eigenvalue weighted by molar-refractivity contribution is 5.03. The Morgan fingerprint density at radius 3 is 2.18 bits per heavy atom. The Morgan fingerprint density at radius 2 is 1.65 bits per heavy atom. The van der Waals surface area contributed by atoms with E-state index in [4.69, 9.17) is 4.84 Å². The second-order valence-electron chi connectivity index (χ2n) is 8.35. The summed E-state index contributed by atoms with van der Waals surface area (Å²) in [5, 5.41) is 2.21. The van der Waals surface area contributed by atoms with Crippen molar-refractivity contribution < 1.29 is 4.84 Å². The van der Waals surface area contributed by atoms with E-state index in [0.29, 0.717) is 16.9 Å². The van der Waals surface area contributed by atoms with Crippen LogP contribution in [0.3, 0.4) is 0 Å². The summed E-state index contributed by atoms with van der Waals surface area (Å²) in [6.45, 7) is 17.3. The van der Waals surface area contributed by atoms with Crippen molar-refractivity contribution in [3.63, 3.8) is 0 Å². The molecule has 1 aliphatic heterocycles. The zero-order valence-corrected chi connectivity index (χ0v) is 12.6. The van der Waals surface area contributed by atoms with Crippen LogP contribution in [0.1, 0.15) is 61.3 Å². The number of hydrogen-bond donors (Lipinski definition) is 0. The van der Waals surface area contributed by atoms with Gasteiger partial charge in [0.1, 0.15) is 0 Å². The van der Waals surface area contributed by atoms with E-state index in [-0.39, 0.29) is 5.54 Å². The Kier molecular flexibility index (Phi) is 2.91. The number of nitrogens with zero attached hydrogens (tertiary/aromatic N) is 1. The second kappa shape index (κ2) is 3.71. The lowest BCUT2D eigenvalue weighted by Crippen LogP contribution is -2.52. The Labute approximate surface area is 107 Å². The van der Waals surface area contributed by atoms with Gasteiger partial charge in [0.15, 0.2) is 0 Å². The van der Waals surface area contributed by atoms with E-state index in [1.807, 2.05) is 0 Å². The van der Waals surface area contributed by atoms with E-state index in [0.717, 1.165) is 12.5 Å². The van der Waals surface area contributed by atoms with Crippen LogP contribution in [-0.4, -0.2) is 23.3 Å². The van der Waals surface area contributed by atoms with E-state index in [9.17, 15) is 0 Å². The highest BCUT2D eigenvalue weighted by Crippen LogP contribution is 2.57. The highest BCUT2D eigenvalue weighted by atomic mass is 16.7. The van der Waals surface area contributed by atoms with E-state index < -0.39 is 0 Å². The lowest BCUT2D eigenvalue weighted by molar-refractivity contribution is -0.293. The van der Waals surface area contributed by atoms with Crippen molar-refractivity contribution in [3.05, 3.63) is 0 Å². The quantitative estimate of drug-likeness (QED) is 0.636. The molecule has 0 radical (unpaired) electrons. The molecule has 1 aliphatic carbocycles. The Bertz CT molecular complexity index is 301. The van der Waals surface area contributed by atoms with Crippen LogP contribution in [-0.2, 0) is 4.84 Å². The summed E-state index contributed by atoms with van der Waals surface area (Å²) in [7, 11) is 0. The van der Waals surface area contributed by atoms with Crippen LogP contribution >= 0.6 is 0 Å². The average Bonchev–Trinajstić information content (AvgIpc) is 2.31. The molecule has 2 atom stereocenters.